The van der Waals surface area contributed by atoms with E-state index >= 15 is 0 Å². The van der Waals surface area contributed by atoms with Gasteiger partial charge in [-0.1, -0.05) is 18.5 Å². The van der Waals surface area contributed by atoms with E-state index in [1.807, 2.05) is 6.92 Å². The lowest BCUT2D eigenvalue weighted by molar-refractivity contribution is 0.102. The van der Waals surface area contributed by atoms with Gasteiger partial charge in [-0.15, -0.1) is 0 Å². The van der Waals surface area contributed by atoms with Gasteiger partial charge in [0.1, 0.15) is 5.82 Å². The van der Waals surface area contributed by atoms with Crippen LogP contribution in [-0.4, -0.2) is 28.6 Å². The van der Waals surface area contributed by atoms with Crippen molar-refractivity contribution in [2.75, 3.05) is 17.2 Å². The normalized spacial score (nSPS) is 11.8. The molecule has 1 heterocycles. The van der Waals surface area contributed by atoms with Gasteiger partial charge in [-0.3, -0.25) is 4.79 Å². The van der Waals surface area contributed by atoms with Gasteiger partial charge in [0, 0.05) is 10.6 Å². The maximum atomic E-state index is 12.1. The molecule has 1 amide bonds. The number of hydrogen-bond acceptors (Lipinski definition) is 4. The molecule has 0 bridgehead atoms. The lowest BCUT2D eigenvalue weighted by Gasteiger charge is -2.14. The molecular formula is C16H18ClN3O2. The molecule has 2 aromatic rings. The molecule has 6 heteroatoms. The molecule has 5 nitrogen and oxygen atoms in total. The summed E-state index contributed by atoms with van der Waals surface area (Å²) in [6, 6.07) is 10.1. The Bertz CT molecular complexity index is 610. The van der Waals surface area contributed by atoms with Crippen LogP contribution < -0.4 is 10.6 Å². The van der Waals surface area contributed by atoms with Gasteiger partial charge in [0.2, 0.25) is 0 Å². The monoisotopic (exact) mass is 319 g/mol. The van der Waals surface area contributed by atoms with Crippen LogP contribution in [0.2, 0.25) is 5.02 Å². The summed E-state index contributed by atoms with van der Waals surface area (Å²) >= 11 is 5.79. The Morgan fingerprint density at radius 1 is 1.27 bits per heavy atom. The van der Waals surface area contributed by atoms with Crippen LogP contribution in [0, 0.1) is 0 Å². The Morgan fingerprint density at radius 3 is 2.55 bits per heavy atom. The summed E-state index contributed by atoms with van der Waals surface area (Å²) in [7, 11) is 0. The number of aliphatic hydroxyl groups is 1. The number of anilines is 2. The van der Waals surface area contributed by atoms with Gasteiger partial charge in [-0.25, -0.2) is 4.98 Å². The number of hydrogen-bond donors (Lipinski definition) is 3. The van der Waals surface area contributed by atoms with Crippen LogP contribution in [0.3, 0.4) is 0 Å². The maximum absolute atomic E-state index is 12.1. The van der Waals surface area contributed by atoms with Crippen LogP contribution in [-0.2, 0) is 0 Å². The molecule has 1 aromatic carbocycles. The van der Waals surface area contributed by atoms with Crippen molar-refractivity contribution in [2.24, 2.45) is 0 Å². The summed E-state index contributed by atoms with van der Waals surface area (Å²) in [4.78, 5) is 16.3. The fraction of sp³-hybridized carbons (Fsp3) is 0.250. The summed E-state index contributed by atoms with van der Waals surface area (Å²) in [6.07, 6.45) is 2.37. The lowest BCUT2D eigenvalue weighted by Crippen LogP contribution is -2.23. The van der Waals surface area contributed by atoms with Gasteiger partial charge in [-0.05, 0) is 42.8 Å². The van der Waals surface area contributed by atoms with Crippen molar-refractivity contribution in [3.8, 4) is 0 Å². The minimum atomic E-state index is -0.221. The van der Waals surface area contributed by atoms with E-state index < -0.39 is 0 Å². The third-order valence-corrected chi connectivity index (χ3v) is 3.44. The van der Waals surface area contributed by atoms with E-state index in [0.29, 0.717) is 22.1 Å². The predicted molar refractivity (Wildman–Crippen MR) is 88.4 cm³/mol. The zero-order valence-corrected chi connectivity index (χ0v) is 13.0. The van der Waals surface area contributed by atoms with Crippen LogP contribution in [0.1, 0.15) is 23.7 Å². The van der Waals surface area contributed by atoms with Gasteiger partial charge < -0.3 is 15.7 Å². The van der Waals surface area contributed by atoms with E-state index in [4.69, 9.17) is 16.7 Å². The minimum absolute atomic E-state index is 0.0259. The molecule has 0 spiro atoms. The summed E-state index contributed by atoms with van der Waals surface area (Å²) in [5.74, 6) is 0.436. The largest absolute Gasteiger partial charge is 0.394 e. The number of aromatic nitrogens is 1. The smallest absolute Gasteiger partial charge is 0.255 e. The van der Waals surface area contributed by atoms with E-state index in [9.17, 15) is 4.79 Å². The van der Waals surface area contributed by atoms with Crippen molar-refractivity contribution in [2.45, 2.75) is 19.4 Å². The zero-order chi connectivity index (χ0) is 15.9. The first kappa shape index (κ1) is 16.3. The van der Waals surface area contributed by atoms with E-state index in [1.165, 1.54) is 0 Å². The van der Waals surface area contributed by atoms with E-state index in [-0.39, 0.29) is 18.6 Å². The predicted octanol–water partition coefficient (Wildman–Crippen LogP) is 3.17. The molecule has 0 fully saturated rings. The Balaban J connectivity index is 1.98. The summed E-state index contributed by atoms with van der Waals surface area (Å²) < 4.78 is 0. The van der Waals surface area contributed by atoms with Crippen LogP contribution in [0.5, 0.6) is 0 Å². The quantitative estimate of drug-likeness (QED) is 0.764. The average Bonchev–Trinajstić information content (AvgIpc) is 2.54. The molecule has 0 aliphatic rings. The molecule has 22 heavy (non-hydrogen) atoms. The first-order valence-corrected chi connectivity index (χ1v) is 7.40. The third-order valence-electron chi connectivity index (χ3n) is 3.19. The number of benzene rings is 1. The molecule has 1 unspecified atom stereocenters. The van der Waals surface area contributed by atoms with Crippen molar-refractivity contribution in [3.63, 3.8) is 0 Å². The number of aliphatic hydroxyl groups excluding tert-OH is 1. The van der Waals surface area contributed by atoms with Crippen molar-refractivity contribution in [1.82, 2.24) is 4.98 Å². The molecule has 116 valence electrons. The summed E-state index contributed by atoms with van der Waals surface area (Å²) in [6.45, 7) is 2.03. The molecule has 2 rings (SSSR count). The third kappa shape index (κ3) is 4.44. The number of halogens is 1. The van der Waals surface area contributed by atoms with Gasteiger partial charge in [0.25, 0.3) is 5.91 Å². The molecular weight excluding hydrogens is 302 g/mol. The Hall–Kier alpha value is -2.11. The molecule has 0 aliphatic heterocycles. The second-order valence-electron chi connectivity index (χ2n) is 4.83. The van der Waals surface area contributed by atoms with Crippen LogP contribution in [0.25, 0.3) is 0 Å². The molecule has 0 saturated heterocycles. The highest BCUT2D eigenvalue weighted by Crippen LogP contribution is 2.14. The van der Waals surface area contributed by atoms with Gasteiger partial charge in [0.15, 0.2) is 0 Å². The highest BCUT2D eigenvalue weighted by Gasteiger charge is 2.07. The molecule has 0 radical (unpaired) electrons. The lowest BCUT2D eigenvalue weighted by atomic mass is 10.2. The van der Waals surface area contributed by atoms with E-state index in [2.05, 4.69) is 15.6 Å². The standard InChI is InChI=1S/C16H18ClN3O2/c1-2-13(10-21)19-15-8-7-14(9-18-15)20-16(22)11-3-5-12(17)6-4-11/h3-9,13,21H,2,10H2,1H3,(H,18,19)(H,20,22). The number of pyridine rings is 1. The summed E-state index contributed by atoms with van der Waals surface area (Å²) in [5, 5.41) is 15.6. The van der Waals surface area contributed by atoms with Crippen LogP contribution in [0.15, 0.2) is 42.6 Å². The van der Waals surface area contributed by atoms with Gasteiger partial charge >= 0.3 is 0 Å². The highest BCUT2D eigenvalue weighted by molar-refractivity contribution is 6.30. The fourth-order valence-corrected chi connectivity index (χ4v) is 1.97. The Morgan fingerprint density at radius 2 is 2.00 bits per heavy atom. The first-order valence-electron chi connectivity index (χ1n) is 7.02. The second-order valence-corrected chi connectivity index (χ2v) is 5.26. The molecule has 0 saturated carbocycles. The highest BCUT2D eigenvalue weighted by atomic mass is 35.5. The van der Waals surface area contributed by atoms with E-state index in [0.717, 1.165) is 6.42 Å². The number of nitrogens with one attached hydrogen (secondary N) is 2. The Kier molecular flexibility index (Phi) is 5.75. The molecule has 3 N–H and O–H groups in total. The van der Waals surface area contributed by atoms with Gasteiger partial charge in [0.05, 0.1) is 24.5 Å². The van der Waals surface area contributed by atoms with Crippen LogP contribution >= 0.6 is 11.6 Å². The minimum Gasteiger partial charge on any atom is -0.394 e. The van der Waals surface area contributed by atoms with Crippen molar-refractivity contribution in [3.05, 3.63) is 53.2 Å². The van der Waals surface area contributed by atoms with Crippen molar-refractivity contribution >= 4 is 29.0 Å². The number of nitrogens with zero attached hydrogens (tertiary/aromatic N) is 1. The number of carbonyl (C=O) groups is 1. The second kappa shape index (κ2) is 7.77. The van der Waals surface area contributed by atoms with Crippen molar-refractivity contribution in [1.29, 1.82) is 0 Å². The SMILES string of the molecule is CCC(CO)Nc1ccc(NC(=O)c2ccc(Cl)cc2)cn1. The molecule has 1 atom stereocenters. The Labute approximate surface area is 134 Å². The van der Waals surface area contributed by atoms with Gasteiger partial charge in [-0.2, -0.15) is 0 Å². The maximum Gasteiger partial charge on any atom is 0.255 e. The topological polar surface area (TPSA) is 74.2 Å². The van der Waals surface area contributed by atoms with Crippen molar-refractivity contribution < 1.29 is 9.90 Å². The van der Waals surface area contributed by atoms with Crippen LogP contribution in [0.4, 0.5) is 11.5 Å². The number of carbonyl (C=O) groups excluding carboxylic acids is 1. The summed E-state index contributed by atoms with van der Waals surface area (Å²) in [5.41, 5.74) is 1.13. The molecule has 0 aliphatic carbocycles. The zero-order valence-electron chi connectivity index (χ0n) is 12.2. The average molecular weight is 320 g/mol. The number of rotatable bonds is 6. The van der Waals surface area contributed by atoms with E-state index in [1.54, 1.807) is 42.6 Å². The first-order chi connectivity index (χ1) is 10.6. The number of amides is 1. The molecule has 1 aromatic heterocycles. The fourth-order valence-electron chi connectivity index (χ4n) is 1.84.